The summed E-state index contributed by atoms with van der Waals surface area (Å²) in [5, 5.41) is 24.7. The zero-order valence-electron chi connectivity index (χ0n) is 11.9. The molecule has 0 aliphatic carbocycles. The molecule has 1 aliphatic heterocycles. The maximum absolute atomic E-state index is 12.5. The number of aliphatic hydroxyl groups is 1. The lowest BCUT2D eigenvalue weighted by molar-refractivity contribution is -0.384. The second-order valence-electron chi connectivity index (χ2n) is 5.61. The first-order chi connectivity index (χ1) is 10.5. The molecule has 116 valence electrons. The highest BCUT2D eigenvalue weighted by Gasteiger charge is 2.30. The molecule has 1 aromatic heterocycles. The molecule has 1 fully saturated rings. The van der Waals surface area contributed by atoms with Gasteiger partial charge in [0.1, 0.15) is 0 Å². The maximum Gasteiger partial charge on any atom is 0.271 e. The topological polar surface area (TPSA) is 110 Å². The molecular formula is C14H16N4O4. The highest BCUT2D eigenvalue weighted by atomic mass is 16.6. The third kappa shape index (κ3) is 2.70. The quantitative estimate of drug-likeness (QED) is 0.628. The Morgan fingerprint density at radius 2 is 2.14 bits per heavy atom. The predicted octanol–water partition coefficient (Wildman–Crippen LogP) is 0.419. The van der Waals surface area contributed by atoms with E-state index in [1.165, 1.54) is 29.1 Å². The number of piperidine rings is 1. The van der Waals surface area contributed by atoms with Gasteiger partial charge >= 0.3 is 0 Å². The molecule has 0 radical (unpaired) electrons. The monoisotopic (exact) mass is 304 g/mol. The van der Waals surface area contributed by atoms with Gasteiger partial charge in [0, 0.05) is 12.1 Å². The van der Waals surface area contributed by atoms with Gasteiger partial charge in [-0.05, 0) is 32.0 Å². The summed E-state index contributed by atoms with van der Waals surface area (Å²) in [7, 11) is 0. The fraction of sp³-hybridized carbons (Fsp3) is 0.429. The van der Waals surface area contributed by atoms with Crippen molar-refractivity contribution in [3.8, 4) is 0 Å². The molecule has 2 heterocycles. The third-order valence-corrected chi connectivity index (χ3v) is 4.02. The van der Waals surface area contributed by atoms with Crippen LogP contribution < -0.4 is 10.9 Å². The molecule has 2 N–H and O–H groups in total. The Morgan fingerprint density at radius 3 is 2.82 bits per heavy atom. The molecule has 3 rings (SSSR count). The number of rotatable bonds is 3. The van der Waals surface area contributed by atoms with Gasteiger partial charge in [0.05, 0.1) is 34.3 Å². The Hall–Kier alpha value is -2.32. The molecule has 8 nitrogen and oxygen atoms in total. The Labute approximate surface area is 125 Å². The van der Waals surface area contributed by atoms with Crippen LogP contribution in [0.2, 0.25) is 0 Å². The SMILES string of the molecule is O=c1c2ccc([N+](=O)[O-])cc2ncn1CC1(O)CCNCC1. The van der Waals surface area contributed by atoms with Crippen LogP contribution in [-0.4, -0.2) is 38.3 Å². The number of nitro groups is 1. The first kappa shape index (κ1) is 14.6. The lowest BCUT2D eigenvalue weighted by Crippen LogP contribution is -2.46. The summed E-state index contributed by atoms with van der Waals surface area (Å²) in [4.78, 5) is 26.8. The number of benzene rings is 1. The highest BCUT2D eigenvalue weighted by molar-refractivity contribution is 5.79. The van der Waals surface area contributed by atoms with Gasteiger partial charge in [-0.1, -0.05) is 0 Å². The predicted molar refractivity (Wildman–Crippen MR) is 79.7 cm³/mol. The number of non-ortho nitro benzene ring substituents is 1. The van der Waals surface area contributed by atoms with Crippen molar-refractivity contribution in [3.63, 3.8) is 0 Å². The van der Waals surface area contributed by atoms with Crippen LogP contribution in [0.5, 0.6) is 0 Å². The fourth-order valence-electron chi connectivity index (χ4n) is 2.74. The molecule has 2 aromatic rings. The second kappa shape index (κ2) is 5.47. The smallest absolute Gasteiger partial charge is 0.271 e. The molecule has 22 heavy (non-hydrogen) atoms. The van der Waals surface area contributed by atoms with Crippen molar-refractivity contribution in [1.29, 1.82) is 0 Å². The number of nitro benzene ring substituents is 1. The van der Waals surface area contributed by atoms with E-state index in [-0.39, 0.29) is 23.3 Å². The number of nitrogens with one attached hydrogen (secondary N) is 1. The summed E-state index contributed by atoms with van der Waals surface area (Å²) in [6.45, 7) is 1.59. The van der Waals surface area contributed by atoms with E-state index >= 15 is 0 Å². The van der Waals surface area contributed by atoms with Gasteiger partial charge in [0.25, 0.3) is 11.2 Å². The summed E-state index contributed by atoms with van der Waals surface area (Å²) in [6, 6.07) is 3.97. The van der Waals surface area contributed by atoms with Crippen LogP contribution in [0.3, 0.4) is 0 Å². The Morgan fingerprint density at radius 1 is 1.41 bits per heavy atom. The molecule has 0 spiro atoms. The van der Waals surface area contributed by atoms with E-state index in [9.17, 15) is 20.0 Å². The second-order valence-corrected chi connectivity index (χ2v) is 5.61. The van der Waals surface area contributed by atoms with Crippen LogP contribution >= 0.6 is 0 Å². The lowest BCUT2D eigenvalue weighted by Gasteiger charge is -2.32. The van der Waals surface area contributed by atoms with Crippen molar-refractivity contribution in [2.75, 3.05) is 13.1 Å². The van der Waals surface area contributed by atoms with Gasteiger partial charge < -0.3 is 10.4 Å². The number of aromatic nitrogens is 2. The van der Waals surface area contributed by atoms with E-state index < -0.39 is 10.5 Å². The highest BCUT2D eigenvalue weighted by Crippen LogP contribution is 2.20. The maximum atomic E-state index is 12.5. The van der Waals surface area contributed by atoms with E-state index in [4.69, 9.17) is 0 Å². The van der Waals surface area contributed by atoms with Gasteiger partial charge in [0.15, 0.2) is 0 Å². The van der Waals surface area contributed by atoms with Crippen LogP contribution in [-0.2, 0) is 6.54 Å². The number of nitrogens with zero attached hydrogens (tertiary/aromatic N) is 3. The average Bonchev–Trinajstić information content (AvgIpc) is 2.50. The van der Waals surface area contributed by atoms with Crippen molar-refractivity contribution in [2.24, 2.45) is 0 Å². The zero-order chi connectivity index (χ0) is 15.7. The van der Waals surface area contributed by atoms with Crippen molar-refractivity contribution in [3.05, 3.63) is 45.0 Å². The molecule has 1 aromatic carbocycles. The van der Waals surface area contributed by atoms with Gasteiger partial charge in [0.2, 0.25) is 0 Å². The van der Waals surface area contributed by atoms with Gasteiger partial charge in [-0.2, -0.15) is 0 Å². The normalized spacial score (nSPS) is 17.5. The van der Waals surface area contributed by atoms with E-state index in [1.807, 2.05) is 0 Å². The first-order valence-corrected chi connectivity index (χ1v) is 7.05. The minimum atomic E-state index is -0.925. The molecule has 0 saturated carbocycles. The van der Waals surface area contributed by atoms with Crippen LogP contribution in [0.15, 0.2) is 29.3 Å². The summed E-state index contributed by atoms with van der Waals surface area (Å²) in [6.07, 6.45) is 2.48. The number of fused-ring (bicyclic) bond motifs is 1. The lowest BCUT2D eigenvalue weighted by atomic mass is 9.92. The van der Waals surface area contributed by atoms with Gasteiger partial charge in [-0.25, -0.2) is 4.98 Å². The van der Waals surface area contributed by atoms with E-state index in [0.717, 1.165) is 0 Å². The summed E-state index contributed by atoms with van der Waals surface area (Å²) in [5.74, 6) is 0. The summed E-state index contributed by atoms with van der Waals surface area (Å²) in [5.41, 5.74) is -1.04. The van der Waals surface area contributed by atoms with Crippen molar-refractivity contribution in [2.45, 2.75) is 25.0 Å². The van der Waals surface area contributed by atoms with Crippen molar-refractivity contribution < 1.29 is 10.0 Å². The number of hydrogen-bond acceptors (Lipinski definition) is 6. The first-order valence-electron chi connectivity index (χ1n) is 7.05. The fourth-order valence-corrected chi connectivity index (χ4v) is 2.74. The molecule has 0 bridgehead atoms. The minimum absolute atomic E-state index is 0.103. The molecular weight excluding hydrogens is 288 g/mol. The largest absolute Gasteiger partial charge is 0.388 e. The molecule has 0 atom stereocenters. The molecule has 0 amide bonds. The van der Waals surface area contributed by atoms with Gasteiger partial charge in [-0.3, -0.25) is 19.5 Å². The van der Waals surface area contributed by atoms with E-state index in [2.05, 4.69) is 10.3 Å². The van der Waals surface area contributed by atoms with Crippen LogP contribution in [0.4, 0.5) is 5.69 Å². The Bertz CT molecular complexity index is 780. The Kier molecular flexibility index (Phi) is 3.63. The zero-order valence-corrected chi connectivity index (χ0v) is 11.9. The standard InChI is InChI=1S/C14H16N4O4/c19-13-11-2-1-10(18(21)22)7-12(11)16-9-17(13)8-14(20)3-5-15-6-4-14/h1-2,7,9,15,20H,3-6,8H2. The third-order valence-electron chi connectivity index (χ3n) is 4.02. The average molecular weight is 304 g/mol. The molecule has 0 unspecified atom stereocenters. The molecule has 1 aliphatic rings. The summed E-state index contributed by atoms with van der Waals surface area (Å²) < 4.78 is 1.37. The van der Waals surface area contributed by atoms with E-state index in [1.54, 1.807) is 0 Å². The summed E-state index contributed by atoms with van der Waals surface area (Å²) >= 11 is 0. The van der Waals surface area contributed by atoms with Crippen LogP contribution in [0.1, 0.15) is 12.8 Å². The number of hydrogen-bond donors (Lipinski definition) is 2. The molecule has 1 saturated heterocycles. The molecule has 8 heteroatoms. The van der Waals surface area contributed by atoms with Crippen LogP contribution in [0, 0.1) is 10.1 Å². The van der Waals surface area contributed by atoms with E-state index in [0.29, 0.717) is 31.3 Å². The Balaban J connectivity index is 1.98. The van der Waals surface area contributed by atoms with Crippen molar-refractivity contribution >= 4 is 16.6 Å². The van der Waals surface area contributed by atoms with Crippen molar-refractivity contribution in [1.82, 2.24) is 14.9 Å². The minimum Gasteiger partial charge on any atom is -0.388 e. The van der Waals surface area contributed by atoms with Gasteiger partial charge in [-0.15, -0.1) is 0 Å². The van der Waals surface area contributed by atoms with Crippen LogP contribution in [0.25, 0.3) is 10.9 Å².